The summed E-state index contributed by atoms with van der Waals surface area (Å²) in [6.45, 7) is 16.5. The number of piperazine rings is 1. The SMILES string of the molecule is CN1CCN(CC(=O)OCCCCC(C)(C)C(C)(C)C)CC1. The molecule has 0 aliphatic carbocycles. The van der Waals surface area contributed by atoms with Crippen LogP contribution >= 0.6 is 0 Å². The predicted octanol–water partition coefficient (Wildman–Crippen LogP) is 3.02. The summed E-state index contributed by atoms with van der Waals surface area (Å²) in [4.78, 5) is 16.3. The molecule has 0 saturated carbocycles. The maximum absolute atomic E-state index is 11.8. The zero-order valence-corrected chi connectivity index (χ0v) is 15.6. The van der Waals surface area contributed by atoms with Crippen molar-refractivity contribution in [3.05, 3.63) is 0 Å². The van der Waals surface area contributed by atoms with Crippen LogP contribution in [0.25, 0.3) is 0 Å². The Morgan fingerprint density at radius 3 is 2.14 bits per heavy atom. The maximum Gasteiger partial charge on any atom is 0.320 e. The van der Waals surface area contributed by atoms with Gasteiger partial charge in [-0.1, -0.05) is 34.6 Å². The topological polar surface area (TPSA) is 32.8 Å². The standard InChI is InChI=1S/C18H36N2O2/c1-17(2,3)18(4,5)9-7-8-14-22-16(21)15-20-12-10-19(6)11-13-20/h7-15H2,1-6H3. The van der Waals surface area contributed by atoms with Crippen LogP contribution in [0.4, 0.5) is 0 Å². The van der Waals surface area contributed by atoms with Crippen molar-refractivity contribution < 1.29 is 9.53 Å². The van der Waals surface area contributed by atoms with E-state index in [0.29, 0.717) is 24.0 Å². The number of hydrogen-bond donors (Lipinski definition) is 0. The quantitative estimate of drug-likeness (QED) is 0.534. The molecular formula is C18H36N2O2. The van der Waals surface area contributed by atoms with Gasteiger partial charge >= 0.3 is 5.97 Å². The number of rotatable bonds is 7. The van der Waals surface area contributed by atoms with Crippen LogP contribution < -0.4 is 0 Å². The van der Waals surface area contributed by atoms with Crippen LogP contribution in [0.1, 0.15) is 53.9 Å². The van der Waals surface area contributed by atoms with Gasteiger partial charge < -0.3 is 9.64 Å². The van der Waals surface area contributed by atoms with E-state index in [0.717, 1.165) is 39.0 Å². The molecule has 1 fully saturated rings. The van der Waals surface area contributed by atoms with Crippen LogP contribution in [0.2, 0.25) is 0 Å². The first-order chi connectivity index (χ1) is 10.1. The van der Waals surface area contributed by atoms with Gasteiger partial charge in [0.1, 0.15) is 0 Å². The average molecular weight is 312 g/mol. The van der Waals surface area contributed by atoms with Crippen molar-refractivity contribution in [2.24, 2.45) is 10.8 Å². The normalized spacial score (nSPS) is 18.5. The predicted molar refractivity (Wildman–Crippen MR) is 92.0 cm³/mol. The molecule has 0 spiro atoms. The fourth-order valence-electron chi connectivity index (χ4n) is 2.46. The minimum atomic E-state index is -0.0698. The Bertz CT molecular complexity index is 339. The first kappa shape index (κ1) is 19.4. The van der Waals surface area contributed by atoms with Gasteiger partial charge in [-0.25, -0.2) is 0 Å². The van der Waals surface area contributed by atoms with E-state index in [1.165, 1.54) is 6.42 Å². The second kappa shape index (κ2) is 8.30. The number of hydrogen-bond acceptors (Lipinski definition) is 4. The third kappa shape index (κ3) is 6.66. The summed E-state index contributed by atoms with van der Waals surface area (Å²) in [5.41, 5.74) is 0.627. The highest BCUT2D eigenvalue weighted by atomic mass is 16.5. The highest BCUT2D eigenvalue weighted by Gasteiger charge is 2.31. The zero-order valence-electron chi connectivity index (χ0n) is 15.6. The molecule has 1 saturated heterocycles. The van der Waals surface area contributed by atoms with Crippen LogP contribution in [0.15, 0.2) is 0 Å². The lowest BCUT2D eigenvalue weighted by atomic mass is 9.67. The highest BCUT2D eigenvalue weighted by Crippen LogP contribution is 2.41. The number of unbranched alkanes of at least 4 members (excludes halogenated alkanes) is 1. The molecule has 0 atom stereocenters. The first-order valence-corrected chi connectivity index (χ1v) is 8.68. The number of nitrogens with zero attached hydrogens (tertiary/aromatic N) is 2. The summed E-state index contributed by atoms with van der Waals surface area (Å²) >= 11 is 0. The van der Waals surface area contributed by atoms with Gasteiger partial charge in [-0.2, -0.15) is 0 Å². The molecule has 4 nitrogen and oxygen atoms in total. The molecule has 0 unspecified atom stereocenters. The molecular weight excluding hydrogens is 276 g/mol. The second-order valence-electron chi connectivity index (χ2n) is 8.39. The molecule has 1 rings (SSSR count). The van der Waals surface area contributed by atoms with Crippen molar-refractivity contribution in [1.29, 1.82) is 0 Å². The smallest absolute Gasteiger partial charge is 0.320 e. The minimum absolute atomic E-state index is 0.0698. The number of ether oxygens (including phenoxy) is 1. The molecule has 0 aromatic heterocycles. The Labute approximate surface area is 137 Å². The molecule has 1 heterocycles. The molecule has 1 aliphatic heterocycles. The van der Waals surface area contributed by atoms with Gasteiger partial charge in [0.15, 0.2) is 0 Å². The Kier molecular flexibility index (Phi) is 7.33. The number of likely N-dealkylation sites (N-methyl/N-ethyl adjacent to an activating group) is 1. The monoisotopic (exact) mass is 312 g/mol. The van der Waals surface area contributed by atoms with Gasteiger partial charge in [0.2, 0.25) is 0 Å². The average Bonchev–Trinajstić information content (AvgIpc) is 2.39. The molecule has 0 aromatic rings. The van der Waals surface area contributed by atoms with E-state index < -0.39 is 0 Å². The van der Waals surface area contributed by atoms with Crippen LogP contribution in [-0.2, 0) is 9.53 Å². The molecule has 0 bridgehead atoms. The molecule has 0 aromatic carbocycles. The Morgan fingerprint density at radius 2 is 1.59 bits per heavy atom. The second-order valence-corrected chi connectivity index (χ2v) is 8.39. The van der Waals surface area contributed by atoms with E-state index in [1.807, 2.05) is 0 Å². The third-order valence-electron chi connectivity index (χ3n) is 5.44. The van der Waals surface area contributed by atoms with Crippen LogP contribution in [0, 0.1) is 10.8 Å². The summed E-state index contributed by atoms with van der Waals surface area (Å²) < 4.78 is 5.38. The van der Waals surface area contributed by atoms with Crippen molar-refractivity contribution in [3.8, 4) is 0 Å². The van der Waals surface area contributed by atoms with Crippen molar-refractivity contribution in [1.82, 2.24) is 9.80 Å². The highest BCUT2D eigenvalue weighted by molar-refractivity contribution is 5.71. The summed E-state index contributed by atoms with van der Waals surface area (Å²) in [5.74, 6) is -0.0698. The lowest BCUT2D eigenvalue weighted by Crippen LogP contribution is -2.46. The molecule has 1 aliphatic rings. The van der Waals surface area contributed by atoms with E-state index >= 15 is 0 Å². The van der Waals surface area contributed by atoms with Crippen LogP contribution in [0.5, 0.6) is 0 Å². The molecule has 0 radical (unpaired) electrons. The van der Waals surface area contributed by atoms with E-state index in [-0.39, 0.29) is 5.97 Å². The van der Waals surface area contributed by atoms with Crippen molar-refractivity contribution in [3.63, 3.8) is 0 Å². The van der Waals surface area contributed by atoms with Crippen molar-refractivity contribution in [2.45, 2.75) is 53.9 Å². The van der Waals surface area contributed by atoms with Crippen molar-refractivity contribution in [2.75, 3.05) is 46.4 Å². The summed E-state index contributed by atoms with van der Waals surface area (Å²) in [6.07, 6.45) is 3.26. The maximum atomic E-state index is 11.8. The Hall–Kier alpha value is -0.610. The van der Waals surface area contributed by atoms with Gasteiger partial charge in [-0.15, -0.1) is 0 Å². The molecule has 130 valence electrons. The molecule has 22 heavy (non-hydrogen) atoms. The van der Waals surface area contributed by atoms with Gasteiger partial charge in [0, 0.05) is 26.2 Å². The molecule has 0 amide bonds. The minimum Gasteiger partial charge on any atom is -0.465 e. The third-order valence-corrected chi connectivity index (χ3v) is 5.44. The first-order valence-electron chi connectivity index (χ1n) is 8.68. The van der Waals surface area contributed by atoms with Gasteiger partial charge in [-0.05, 0) is 37.1 Å². The van der Waals surface area contributed by atoms with E-state index in [1.54, 1.807) is 0 Å². The largest absolute Gasteiger partial charge is 0.465 e. The Balaban J connectivity index is 2.10. The summed E-state index contributed by atoms with van der Waals surface area (Å²) in [6, 6.07) is 0. The van der Waals surface area contributed by atoms with E-state index in [2.05, 4.69) is 51.5 Å². The lowest BCUT2D eigenvalue weighted by Gasteiger charge is -2.39. The Morgan fingerprint density at radius 1 is 1.00 bits per heavy atom. The zero-order chi connectivity index (χ0) is 16.8. The van der Waals surface area contributed by atoms with E-state index in [9.17, 15) is 4.79 Å². The van der Waals surface area contributed by atoms with Crippen molar-refractivity contribution >= 4 is 5.97 Å². The number of carbonyl (C=O) groups is 1. The summed E-state index contributed by atoms with van der Waals surface area (Å²) in [5, 5.41) is 0. The van der Waals surface area contributed by atoms with Gasteiger partial charge in [0.05, 0.1) is 13.2 Å². The fraction of sp³-hybridized carbons (Fsp3) is 0.944. The molecule has 4 heteroatoms. The van der Waals surface area contributed by atoms with E-state index in [4.69, 9.17) is 4.74 Å². The van der Waals surface area contributed by atoms with Crippen LogP contribution in [-0.4, -0.2) is 62.1 Å². The van der Waals surface area contributed by atoms with Gasteiger partial charge in [-0.3, -0.25) is 9.69 Å². The van der Waals surface area contributed by atoms with Gasteiger partial charge in [0.25, 0.3) is 0 Å². The fourth-order valence-corrected chi connectivity index (χ4v) is 2.46. The number of esters is 1. The molecule has 0 N–H and O–H groups in total. The van der Waals surface area contributed by atoms with Crippen LogP contribution in [0.3, 0.4) is 0 Å². The number of carbonyl (C=O) groups excluding carboxylic acids is 1. The lowest BCUT2D eigenvalue weighted by molar-refractivity contribution is -0.145. The summed E-state index contributed by atoms with van der Waals surface area (Å²) in [7, 11) is 2.12.